The summed E-state index contributed by atoms with van der Waals surface area (Å²) in [6, 6.07) is 8.66. The molecule has 17 heavy (non-hydrogen) atoms. The maximum absolute atomic E-state index is 11.5. The molecule has 0 aliphatic heterocycles. The predicted octanol–water partition coefficient (Wildman–Crippen LogP) is 1.36. The van der Waals surface area contributed by atoms with E-state index in [9.17, 15) is 9.59 Å². The fourth-order valence-electron chi connectivity index (χ4n) is 1.04. The normalized spacial score (nSPS) is 8.76. The van der Waals surface area contributed by atoms with Crippen molar-refractivity contribution in [2.24, 2.45) is 0 Å². The van der Waals surface area contributed by atoms with Crippen LogP contribution in [0.15, 0.2) is 30.3 Å². The number of amides is 1. The number of carbonyl (C=O) groups excluding carboxylic acids is 2. The fraction of sp³-hybridized carbons (Fsp3) is 0.167. The van der Waals surface area contributed by atoms with Gasteiger partial charge in [0.25, 0.3) is 5.91 Å². The van der Waals surface area contributed by atoms with E-state index in [-0.39, 0.29) is 19.1 Å². The second kappa shape index (κ2) is 7.68. The van der Waals surface area contributed by atoms with Crippen molar-refractivity contribution < 1.29 is 14.3 Å². The van der Waals surface area contributed by atoms with Crippen molar-refractivity contribution in [2.45, 2.75) is 0 Å². The van der Waals surface area contributed by atoms with Crippen LogP contribution in [0.4, 0.5) is 0 Å². The van der Waals surface area contributed by atoms with E-state index in [2.05, 4.69) is 15.2 Å². The van der Waals surface area contributed by atoms with Gasteiger partial charge < -0.3 is 10.1 Å². The summed E-state index contributed by atoms with van der Waals surface area (Å²) in [6.45, 7) is -0.111. The van der Waals surface area contributed by atoms with E-state index >= 15 is 0 Å². The Balaban J connectivity index is 2.33. The van der Waals surface area contributed by atoms with E-state index in [4.69, 9.17) is 4.74 Å². The lowest BCUT2D eigenvalue weighted by Crippen LogP contribution is -2.30. The lowest BCUT2D eigenvalue weighted by molar-refractivity contribution is -0.140. The van der Waals surface area contributed by atoms with Gasteiger partial charge in [-0.15, -0.1) is 0 Å². The molecule has 0 aliphatic rings. The second-order valence-electron chi connectivity index (χ2n) is 2.98. The van der Waals surface area contributed by atoms with Crippen LogP contribution in [-0.2, 0) is 9.53 Å². The monoisotopic (exact) mass is 343 g/mol. The highest BCUT2D eigenvalue weighted by Crippen LogP contribution is 1.97. The van der Waals surface area contributed by atoms with Gasteiger partial charge in [0.15, 0.2) is 6.61 Å². The van der Waals surface area contributed by atoms with E-state index in [0.29, 0.717) is 5.56 Å². The molecular formula is C12H10INO3. The minimum Gasteiger partial charge on any atom is -0.451 e. The number of carbonyl (C=O) groups is 2. The standard InChI is InChI=1S/C12H10INO3/c13-7-4-8-17-11(15)9-14-12(16)10-5-2-1-3-6-10/h1-3,5-6H,8-9H2,(H,14,16). The Kier molecular flexibility index (Phi) is 6.10. The first-order valence-corrected chi connectivity index (χ1v) is 5.89. The molecule has 1 amide bonds. The number of esters is 1. The summed E-state index contributed by atoms with van der Waals surface area (Å²) in [4.78, 5) is 22.7. The highest BCUT2D eigenvalue weighted by molar-refractivity contribution is 14.1. The predicted molar refractivity (Wildman–Crippen MR) is 71.5 cm³/mol. The minimum atomic E-state index is -0.506. The molecule has 0 saturated carbocycles. The van der Waals surface area contributed by atoms with E-state index < -0.39 is 5.97 Å². The van der Waals surface area contributed by atoms with Crippen molar-refractivity contribution >= 4 is 34.5 Å². The van der Waals surface area contributed by atoms with Crippen LogP contribution in [0.2, 0.25) is 0 Å². The highest BCUT2D eigenvalue weighted by Gasteiger charge is 2.07. The number of hydrogen-bond acceptors (Lipinski definition) is 3. The van der Waals surface area contributed by atoms with Crippen LogP contribution in [0.3, 0.4) is 0 Å². The largest absolute Gasteiger partial charge is 0.451 e. The molecule has 0 aliphatic carbocycles. The van der Waals surface area contributed by atoms with Gasteiger partial charge in [-0.2, -0.15) is 0 Å². The average Bonchev–Trinajstić information content (AvgIpc) is 2.37. The van der Waals surface area contributed by atoms with Crippen molar-refractivity contribution in [1.82, 2.24) is 5.32 Å². The van der Waals surface area contributed by atoms with Crippen LogP contribution in [-0.4, -0.2) is 25.0 Å². The molecule has 1 N–H and O–H groups in total. The first-order chi connectivity index (χ1) is 8.24. The molecule has 0 fully saturated rings. The SMILES string of the molecule is O=C(CNC(=O)c1ccccc1)OCC#CI. The molecule has 0 atom stereocenters. The van der Waals surface area contributed by atoms with Crippen molar-refractivity contribution in [3.63, 3.8) is 0 Å². The summed E-state index contributed by atoms with van der Waals surface area (Å²) >= 11 is 1.85. The Hall–Kier alpha value is -1.55. The van der Waals surface area contributed by atoms with Crippen LogP contribution in [0.25, 0.3) is 0 Å². The third-order valence-electron chi connectivity index (χ3n) is 1.80. The maximum atomic E-state index is 11.5. The quantitative estimate of drug-likeness (QED) is 0.510. The zero-order valence-electron chi connectivity index (χ0n) is 8.90. The summed E-state index contributed by atoms with van der Waals surface area (Å²) in [7, 11) is 0. The molecule has 0 heterocycles. The number of ether oxygens (including phenoxy) is 1. The number of hydrogen-bond donors (Lipinski definition) is 1. The zero-order valence-corrected chi connectivity index (χ0v) is 11.1. The van der Waals surface area contributed by atoms with Crippen molar-refractivity contribution in [3.8, 4) is 9.85 Å². The van der Waals surface area contributed by atoms with Crippen LogP contribution in [0.5, 0.6) is 0 Å². The smallest absolute Gasteiger partial charge is 0.326 e. The molecule has 0 spiro atoms. The van der Waals surface area contributed by atoms with Gasteiger partial charge in [0, 0.05) is 28.2 Å². The van der Waals surface area contributed by atoms with E-state index in [1.807, 2.05) is 28.7 Å². The molecular weight excluding hydrogens is 333 g/mol. The van der Waals surface area contributed by atoms with Gasteiger partial charge in [0.1, 0.15) is 6.54 Å². The number of rotatable bonds is 4. The molecule has 0 radical (unpaired) electrons. The molecule has 0 unspecified atom stereocenters. The van der Waals surface area contributed by atoms with Crippen molar-refractivity contribution in [1.29, 1.82) is 0 Å². The van der Waals surface area contributed by atoms with Crippen LogP contribution in [0.1, 0.15) is 10.4 Å². The lowest BCUT2D eigenvalue weighted by Gasteiger charge is -2.04. The molecule has 1 rings (SSSR count). The zero-order chi connectivity index (χ0) is 12.5. The van der Waals surface area contributed by atoms with Gasteiger partial charge in [-0.05, 0) is 16.1 Å². The van der Waals surface area contributed by atoms with Crippen molar-refractivity contribution in [3.05, 3.63) is 35.9 Å². The molecule has 0 saturated heterocycles. The molecule has 88 valence electrons. The van der Waals surface area contributed by atoms with E-state index in [0.717, 1.165) is 0 Å². The van der Waals surface area contributed by atoms with Crippen molar-refractivity contribution in [2.75, 3.05) is 13.2 Å². The molecule has 0 bridgehead atoms. The molecule has 0 aromatic heterocycles. The summed E-state index contributed by atoms with van der Waals surface area (Å²) in [5.74, 6) is 1.77. The Labute approximate surface area is 113 Å². The van der Waals surface area contributed by atoms with Gasteiger partial charge in [-0.25, -0.2) is 0 Å². The van der Waals surface area contributed by atoms with Gasteiger partial charge >= 0.3 is 5.97 Å². The van der Waals surface area contributed by atoms with Crippen LogP contribution >= 0.6 is 22.6 Å². The third kappa shape index (κ3) is 5.36. The minimum absolute atomic E-state index is 0.0446. The van der Waals surface area contributed by atoms with E-state index in [1.165, 1.54) is 0 Å². The first-order valence-electron chi connectivity index (χ1n) is 4.81. The summed E-state index contributed by atoms with van der Waals surface area (Å²) in [5, 5.41) is 2.46. The van der Waals surface area contributed by atoms with Gasteiger partial charge in [-0.1, -0.05) is 24.1 Å². The maximum Gasteiger partial charge on any atom is 0.326 e. The molecule has 1 aromatic rings. The summed E-state index contributed by atoms with van der Waals surface area (Å²) in [5.41, 5.74) is 0.507. The lowest BCUT2D eigenvalue weighted by atomic mass is 10.2. The second-order valence-corrected chi connectivity index (χ2v) is 3.52. The number of benzene rings is 1. The fourth-order valence-corrected chi connectivity index (χ4v) is 1.19. The Morgan fingerprint density at radius 3 is 2.65 bits per heavy atom. The van der Waals surface area contributed by atoms with Crippen LogP contribution in [0, 0.1) is 9.85 Å². The van der Waals surface area contributed by atoms with Gasteiger partial charge in [0.05, 0.1) is 0 Å². The van der Waals surface area contributed by atoms with Crippen LogP contribution < -0.4 is 5.32 Å². The molecule has 4 nitrogen and oxygen atoms in total. The average molecular weight is 343 g/mol. The topological polar surface area (TPSA) is 55.4 Å². The summed E-state index contributed by atoms with van der Waals surface area (Å²) < 4.78 is 7.31. The number of halogens is 1. The Bertz CT molecular complexity index is 448. The third-order valence-corrected chi connectivity index (χ3v) is 2.18. The molecule has 5 heteroatoms. The van der Waals surface area contributed by atoms with E-state index in [1.54, 1.807) is 24.3 Å². The Morgan fingerprint density at radius 2 is 2.00 bits per heavy atom. The van der Waals surface area contributed by atoms with Gasteiger partial charge in [-0.3, -0.25) is 9.59 Å². The van der Waals surface area contributed by atoms with Gasteiger partial charge in [0.2, 0.25) is 0 Å². The first kappa shape index (κ1) is 13.5. The summed E-state index contributed by atoms with van der Waals surface area (Å²) in [6.07, 6.45) is 0. The molecule has 1 aromatic carbocycles. The Morgan fingerprint density at radius 1 is 1.29 bits per heavy atom. The number of nitrogens with one attached hydrogen (secondary N) is 1. The highest BCUT2D eigenvalue weighted by atomic mass is 127.